The zero-order valence-electron chi connectivity index (χ0n) is 14.5. The molecule has 7 nitrogen and oxygen atoms in total. The molecule has 0 aliphatic rings. The van der Waals surface area contributed by atoms with E-state index in [0.29, 0.717) is 44.4 Å². The third-order valence-electron chi connectivity index (χ3n) is 3.76. The van der Waals surface area contributed by atoms with Gasteiger partial charge in [-0.15, -0.1) is 23.7 Å². The van der Waals surface area contributed by atoms with Gasteiger partial charge in [-0.2, -0.15) is 5.26 Å². The lowest BCUT2D eigenvalue weighted by atomic mass is 10.1. The Bertz CT molecular complexity index is 1200. The first-order chi connectivity index (χ1) is 13.0. The molecule has 0 amide bonds. The van der Waals surface area contributed by atoms with E-state index < -0.39 is 0 Å². The van der Waals surface area contributed by atoms with Gasteiger partial charge in [0.2, 0.25) is 0 Å². The summed E-state index contributed by atoms with van der Waals surface area (Å²) < 4.78 is 0.825. The van der Waals surface area contributed by atoms with E-state index in [-0.39, 0.29) is 12.4 Å². The lowest BCUT2D eigenvalue weighted by Gasteiger charge is -2.06. The Morgan fingerprint density at radius 3 is 2.79 bits per heavy atom. The topological polar surface area (TPSA) is 113 Å². The third kappa shape index (κ3) is 3.68. The molecule has 4 rings (SSSR count). The number of aryl methyl sites for hydroxylation is 1. The molecule has 0 fully saturated rings. The van der Waals surface area contributed by atoms with Gasteiger partial charge in [0, 0.05) is 17.8 Å². The molecule has 0 atom stereocenters. The lowest BCUT2D eigenvalue weighted by molar-refractivity contribution is 1.06. The Labute approximate surface area is 175 Å². The summed E-state index contributed by atoms with van der Waals surface area (Å²) in [6.07, 6.45) is 1.66. The van der Waals surface area contributed by atoms with Crippen molar-refractivity contribution in [3.63, 3.8) is 0 Å². The number of nitrogens with zero attached hydrogens (tertiary/aromatic N) is 5. The van der Waals surface area contributed by atoms with E-state index in [0.717, 1.165) is 10.2 Å². The highest BCUT2D eigenvalue weighted by molar-refractivity contribution is 7.22. The van der Waals surface area contributed by atoms with Crippen LogP contribution >= 0.6 is 35.3 Å². The maximum atomic E-state index is 9.40. The number of rotatable bonds is 3. The fraction of sp³-hybridized carbons (Fsp3) is 0.0556. The highest BCUT2D eigenvalue weighted by Crippen LogP contribution is 2.38. The zero-order valence-corrected chi connectivity index (χ0v) is 16.9. The smallest absolute Gasteiger partial charge is 0.151 e. The Kier molecular flexibility index (Phi) is 5.61. The Balaban J connectivity index is 0.00000225. The summed E-state index contributed by atoms with van der Waals surface area (Å²) in [6, 6.07) is 10.8. The van der Waals surface area contributed by atoms with Crippen LogP contribution in [0.3, 0.4) is 0 Å². The van der Waals surface area contributed by atoms with E-state index in [1.165, 1.54) is 11.3 Å². The molecule has 1 aromatic carbocycles. The third-order valence-corrected chi connectivity index (χ3v) is 5.17. The minimum absolute atomic E-state index is 0. The van der Waals surface area contributed by atoms with Gasteiger partial charge in [-0.1, -0.05) is 17.7 Å². The Morgan fingerprint density at radius 1 is 1.21 bits per heavy atom. The number of fused-ring (bicyclic) bond motifs is 1. The summed E-state index contributed by atoms with van der Waals surface area (Å²) in [5.74, 6) is 2.08. The molecule has 3 N–H and O–H groups in total. The highest BCUT2D eigenvalue weighted by Gasteiger charge is 2.16. The first-order valence-corrected chi connectivity index (χ1v) is 9.07. The lowest BCUT2D eigenvalue weighted by Crippen LogP contribution is -2.01. The molecule has 0 aliphatic heterocycles. The Hall–Kier alpha value is -2.99. The number of nitrogen functional groups attached to an aromatic ring is 1. The zero-order chi connectivity index (χ0) is 19.0. The molecule has 0 unspecified atom stereocenters. The molecule has 0 saturated carbocycles. The van der Waals surface area contributed by atoms with Crippen LogP contribution < -0.4 is 11.1 Å². The van der Waals surface area contributed by atoms with Crippen molar-refractivity contribution in [1.29, 1.82) is 5.26 Å². The molecular weight excluding hydrogens is 417 g/mol. The summed E-state index contributed by atoms with van der Waals surface area (Å²) in [7, 11) is 0. The number of anilines is 3. The summed E-state index contributed by atoms with van der Waals surface area (Å²) >= 11 is 7.73. The molecule has 0 saturated heterocycles. The fourth-order valence-corrected chi connectivity index (χ4v) is 4.06. The largest absolute Gasteiger partial charge is 0.384 e. The maximum absolute atomic E-state index is 9.40. The maximum Gasteiger partial charge on any atom is 0.151 e. The van der Waals surface area contributed by atoms with Gasteiger partial charge in [-0.3, -0.25) is 0 Å². The molecule has 10 heteroatoms. The Morgan fingerprint density at radius 2 is 2.04 bits per heavy atom. The van der Waals surface area contributed by atoms with Crippen molar-refractivity contribution < 1.29 is 0 Å². The number of benzene rings is 1. The van der Waals surface area contributed by atoms with Gasteiger partial charge in [0.1, 0.15) is 22.5 Å². The van der Waals surface area contributed by atoms with Crippen molar-refractivity contribution in [3.05, 3.63) is 52.9 Å². The predicted molar refractivity (Wildman–Crippen MR) is 114 cm³/mol. The van der Waals surface area contributed by atoms with E-state index in [1.807, 2.05) is 6.07 Å². The quantitative estimate of drug-likeness (QED) is 0.483. The van der Waals surface area contributed by atoms with Crippen LogP contribution in [-0.4, -0.2) is 19.9 Å². The fourth-order valence-electron chi connectivity index (χ4n) is 2.66. The van der Waals surface area contributed by atoms with Gasteiger partial charge in [-0.05, 0) is 25.1 Å². The van der Waals surface area contributed by atoms with Crippen LogP contribution in [0.5, 0.6) is 0 Å². The van der Waals surface area contributed by atoms with Gasteiger partial charge in [0.25, 0.3) is 0 Å². The van der Waals surface area contributed by atoms with Crippen molar-refractivity contribution in [1.82, 2.24) is 19.9 Å². The number of thiazole rings is 1. The van der Waals surface area contributed by atoms with E-state index >= 15 is 0 Å². The molecule has 0 bridgehead atoms. The standard InChI is InChI=1S/C18H12ClN7S.ClH/c1-9-23-13(21)7-14(24-9)26-17-16-12(5-6-22-17)25-18(27-16)15-10(8-20)3-2-4-11(15)19;/h2-7H,1H3,(H3,21,22,23,24,26);1H. The van der Waals surface area contributed by atoms with Crippen molar-refractivity contribution in [3.8, 4) is 16.6 Å². The second kappa shape index (κ2) is 7.94. The normalized spacial score (nSPS) is 10.3. The average molecular weight is 430 g/mol. The number of halogens is 2. The second-order valence-corrected chi connectivity index (χ2v) is 7.06. The van der Waals surface area contributed by atoms with Gasteiger partial charge >= 0.3 is 0 Å². The summed E-state index contributed by atoms with van der Waals surface area (Å²) in [4.78, 5) is 17.4. The minimum Gasteiger partial charge on any atom is -0.384 e. The summed E-state index contributed by atoms with van der Waals surface area (Å²) in [6.45, 7) is 1.77. The molecule has 3 heterocycles. The van der Waals surface area contributed by atoms with Crippen molar-refractivity contribution in [2.24, 2.45) is 0 Å². The van der Waals surface area contributed by atoms with E-state index in [2.05, 4.69) is 31.3 Å². The average Bonchev–Trinajstić information content (AvgIpc) is 3.05. The molecule has 28 heavy (non-hydrogen) atoms. The molecule has 0 aliphatic carbocycles. The number of hydrogen-bond donors (Lipinski definition) is 2. The second-order valence-electron chi connectivity index (χ2n) is 5.65. The van der Waals surface area contributed by atoms with Crippen LogP contribution in [0.1, 0.15) is 11.4 Å². The van der Waals surface area contributed by atoms with E-state index in [4.69, 9.17) is 17.3 Å². The number of nitrogens with one attached hydrogen (secondary N) is 1. The first kappa shape index (κ1) is 19.8. The van der Waals surface area contributed by atoms with Crippen molar-refractivity contribution >= 4 is 63.0 Å². The van der Waals surface area contributed by atoms with Crippen LogP contribution in [0, 0.1) is 18.3 Å². The number of aromatic nitrogens is 4. The van der Waals surface area contributed by atoms with Crippen LogP contribution in [0.25, 0.3) is 20.8 Å². The van der Waals surface area contributed by atoms with Gasteiger partial charge in [-0.25, -0.2) is 19.9 Å². The van der Waals surface area contributed by atoms with Crippen molar-refractivity contribution in [2.45, 2.75) is 6.92 Å². The number of nitrogens with two attached hydrogens (primary N) is 1. The molecule has 140 valence electrons. The molecular formula is C18H13Cl2N7S. The van der Waals surface area contributed by atoms with Crippen LogP contribution in [-0.2, 0) is 0 Å². The highest BCUT2D eigenvalue weighted by atomic mass is 35.5. The predicted octanol–water partition coefficient (Wildman–Crippen LogP) is 4.73. The molecule has 0 radical (unpaired) electrons. The molecule has 4 aromatic rings. The van der Waals surface area contributed by atoms with Gasteiger partial charge in [0.15, 0.2) is 5.82 Å². The molecule has 0 spiro atoms. The first-order valence-electron chi connectivity index (χ1n) is 7.88. The van der Waals surface area contributed by atoms with Crippen LogP contribution in [0.15, 0.2) is 36.5 Å². The van der Waals surface area contributed by atoms with Crippen LogP contribution in [0.2, 0.25) is 5.02 Å². The van der Waals surface area contributed by atoms with E-state index in [1.54, 1.807) is 37.4 Å². The summed E-state index contributed by atoms with van der Waals surface area (Å²) in [5, 5.41) is 13.7. The SMILES string of the molecule is Cc1nc(N)cc(Nc2nccc3nc(-c4c(Cl)cccc4C#N)sc23)n1.Cl. The summed E-state index contributed by atoms with van der Waals surface area (Å²) in [5.41, 5.74) is 7.63. The van der Waals surface area contributed by atoms with Gasteiger partial charge < -0.3 is 11.1 Å². The number of pyridine rings is 1. The van der Waals surface area contributed by atoms with E-state index in [9.17, 15) is 5.26 Å². The molecule has 3 aromatic heterocycles. The van der Waals surface area contributed by atoms with Crippen molar-refractivity contribution in [2.75, 3.05) is 11.1 Å². The van der Waals surface area contributed by atoms with Gasteiger partial charge in [0.05, 0.1) is 26.9 Å². The monoisotopic (exact) mass is 429 g/mol. The minimum atomic E-state index is 0. The number of nitriles is 1. The van der Waals surface area contributed by atoms with Crippen LogP contribution in [0.4, 0.5) is 17.5 Å². The number of hydrogen-bond acceptors (Lipinski definition) is 8.